The second-order valence-electron chi connectivity index (χ2n) is 7.80. The molecule has 0 aliphatic heterocycles. The van der Waals surface area contributed by atoms with Gasteiger partial charge in [0.15, 0.2) is 5.96 Å². The summed E-state index contributed by atoms with van der Waals surface area (Å²) in [5, 5.41) is 14.0. The van der Waals surface area contributed by atoms with Crippen LogP contribution in [0.2, 0.25) is 0 Å². The summed E-state index contributed by atoms with van der Waals surface area (Å²) < 4.78 is 5.22. The van der Waals surface area contributed by atoms with E-state index in [9.17, 15) is 4.79 Å². The van der Waals surface area contributed by atoms with Crippen LogP contribution in [0.3, 0.4) is 0 Å². The number of hydrogen-bond acceptors (Lipinski definition) is 4. The highest BCUT2D eigenvalue weighted by Crippen LogP contribution is 2.26. The van der Waals surface area contributed by atoms with Gasteiger partial charge in [-0.3, -0.25) is 9.79 Å². The number of aryl methyl sites for hydroxylation is 2. The van der Waals surface area contributed by atoms with Crippen LogP contribution in [0.5, 0.6) is 0 Å². The van der Waals surface area contributed by atoms with Crippen LogP contribution in [0.15, 0.2) is 9.52 Å². The Bertz CT molecular complexity index is 652. The second-order valence-corrected chi connectivity index (χ2v) is 7.80. The van der Waals surface area contributed by atoms with Gasteiger partial charge in [-0.25, -0.2) is 0 Å². The van der Waals surface area contributed by atoms with E-state index in [0.717, 1.165) is 74.5 Å². The Morgan fingerprint density at radius 1 is 1.18 bits per heavy atom. The molecule has 1 heterocycles. The summed E-state index contributed by atoms with van der Waals surface area (Å²) in [5.41, 5.74) is 2.08. The zero-order valence-corrected chi connectivity index (χ0v) is 19.5. The summed E-state index contributed by atoms with van der Waals surface area (Å²) in [5.74, 6) is 2.07. The minimum atomic E-state index is 0. The first-order valence-electron chi connectivity index (χ1n) is 10.3. The Labute approximate surface area is 184 Å². The van der Waals surface area contributed by atoms with E-state index >= 15 is 0 Å². The fraction of sp³-hybridized carbons (Fsp3) is 0.750. The maximum absolute atomic E-state index is 12.4. The number of carbonyl (C=O) groups excluding carboxylic acids is 1. The number of halogens is 1. The molecule has 28 heavy (non-hydrogen) atoms. The van der Waals surface area contributed by atoms with Gasteiger partial charge in [-0.05, 0) is 59.3 Å². The monoisotopic (exact) mass is 503 g/mol. The van der Waals surface area contributed by atoms with Crippen LogP contribution in [0.25, 0.3) is 0 Å². The Morgan fingerprint density at radius 2 is 1.96 bits per heavy atom. The largest absolute Gasteiger partial charge is 0.361 e. The molecule has 2 saturated carbocycles. The zero-order chi connectivity index (χ0) is 19.2. The van der Waals surface area contributed by atoms with Crippen LogP contribution in [-0.2, 0) is 11.2 Å². The number of aliphatic imine (C=N–C) groups is 1. The third-order valence-corrected chi connectivity index (χ3v) is 5.47. The number of aromatic nitrogens is 1. The molecule has 2 fully saturated rings. The molecule has 8 heteroatoms. The molecule has 2 atom stereocenters. The minimum absolute atomic E-state index is 0. The van der Waals surface area contributed by atoms with Gasteiger partial charge in [0.2, 0.25) is 5.91 Å². The van der Waals surface area contributed by atoms with Gasteiger partial charge in [-0.15, -0.1) is 24.0 Å². The smallest absolute Gasteiger partial charge is 0.223 e. The van der Waals surface area contributed by atoms with E-state index in [-0.39, 0.29) is 35.8 Å². The molecule has 0 spiro atoms. The molecule has 2 aliphatic carbocycles. The van der Waals surface area contributed by atoms with Gasteiger partial charge in [0.1, 0.15) is 5.76 Å². The molecule has 2 unspecified atom stereocenters. The van der Waals surface area contributed by atoms with Gasteiger partial charge in [-0.1, -0.05) is 11.6 Å². The summed E-state index contributed by atoms with van der Waals surface area (Å²) in [7, 11) is 0. The van der Waals surface area contributed by atoms with Crippen molar-refractivity contribution in [1.82, 2.24) is 21.1 Å². The molecule has 3 rings (SSSR count). The molecule has 7 nitrogen and oxygen atoms in total. The van der Waals surface area contributed by atoms with Crippen molar-refractivity contribution >= 4 is 35.8 Å². The van der Waals surface area contributed by atoms with Crippen molar-refractivity contribution in [3.05, 3.63) is 17.0 Å². The molecule has 1 aromatic heterocycles. The lowest BCUT2D eigenvalue weighted by molar-refractivity contribution is -0.126. The number of nitrogens with one attached hydrogen (secondary N) is 3. The summed E-state index contributed by atoms with van der Waals surface area (Å²) in [4.78, 5) is 17.1. The van der Waals surface area contributed by atoms with E-state index in [4.69, 9.17) is 9.52 Å². The first-order valence-corrected chi connectivity index (χ1v) is 10.3. The van der Waals surface area contributed by atoms with Crippen LogP contribution < -0.4 is 16.0 Å². The van der Waals surface area contributed by atoms with Gasteiger partial charge in [0.05, 0.1) is 5.69 Å². The number of carbonyl (C=O) groups is 1. The lowest BCUT2D eigenvalue weighted by atomic mass is 9.85. The van der Waals surface area contributed by atoms with E-state index in [2.05, 4.69) is 28.0 Å². The third-order valence-electron chi connectivity index (χ3n) is 5.47. The fourth-order valence-electron chi connectivity index (χ4n) is 3.76. The van der Waals surface area contributed by atoms with Crippen molar-refractivity contribution in [3.63, 3.8) is 0 Å². The van der Waals surface area contributed by atoms with E-state index in [1.807, 2.05) is 13.8 Å². The van der Waals surface area contributed by atoms with Crippen molar-refractivity contribution in [1.29, 1.82) is 0 Å². The summed E-state index contributed by atoms with van der Waals surface area (Å²) in [6.45, 7) is 7.47. The molecule has 0 radical (unpaired) electrons. The normalized spacial score (nSPS) is 22.3. The highest BCUT2D eigenvalue weighted by Gasteiger charge is 2.31. The average molecular weight is 503 g/mol. The van der Waals surface area contributed by atoms with Gasteiger partial charge in [0.25, 0.3) is 0 Å². The quantitative estimate of drug-likeness (QED) is 0.303. The van der Waals surface area contributed by atoms with E-state index in [0.29, 0.717) is 18.6 Å². The lowest BCUT2D eigenvalue weighted by Gasteiger charge is -2.30. The fourth-order valence-corrected chi connectivity index (χ4v) is 3.76. The van der Waals surface area contributed by atoms with Gasteiger partial charge in [-0.2, -0.15) is 0 Å². The van der Waals surface area contributed by atoms with Crippen LogP contribution in [0, 0.1) is 19.8 Å². The second kappa shape index (κ2) is 11.0. The molecular formula is C20H34IN5O2. The lowest BCUT2D eigenvalue weighted by Crippen LogP contribution is -2.47. The number of guanidine groups is 1. The van der Waals surface area contributed by atoms with Crippen LogP contribution in [0.1, 0.15) is 62.5 Å². The van der Waals surface area contributed by atoms with Crippen molar-refractivity contribution in [2.24, 2.45) is 10.9 Å². The van der Waals surface area contributed by atoms with Crippen LogP contribution in [0.4, 0.5) is 0 Å². The molecule has 0 aromatic carbocycles. The molecule has 1 aromatic rings. The average Bonchev–Trinajstić information content (AvgIpc) is 3.41. The molecule has 3 N–H and O–H groups in total. The first kappa shape index (κ1) is 23.0. The number of rotatable bonds is 7. The minimum Gasteiger partial charge on any atom is -0.361 e. The highest BCUT2D eigenvalue weighted by molar-refractivity contribution is 14.0. The van der Waals surface area contributed by atoms with Crippen molar-refractivity contribution in [2.75, 3.05) is 13.1 Å². The number of amides is 1. The van der Waals surface area contributed by atoms with Gasteiger partial charge in [0, 0.05) is 36.7 Å². The summed E-state index contributed by atoms with van der Waals surface area (Å²) in [6.07, 6.45) is 7.14. The van der Waals surface area contributed by atoms with E-state index in [1.165, 1.54) is 0 Å². The van der Waals surface area contributed by atoms with Crippen molar-refractivity contribution < 1.29 is 9.32 Å². The van der Waals surface area contributed by atoms with Crippen LogP contribution >= 0.6 is 24.0 Å². The molecule has 0 bridgehead atoms. The SMILES string of the molecule is CCNC(=NCCc1c(C)noc1C)NC1CCCC(C(=O)NC2CC2)C1.I. The molecule has 0 saturated heterocycles. The Balaban J connectivity index is 0.00000280. The molecule has 1 amide bonds. The first-order chi connectivity index (χ1) is 13.1. The Hall–Kier alpha value is -1.32. The highest BCUT2D eigenvalue weighted by atomic mass is 127. The third kappa shape index (κ3) is 6.63. The maximum Gasteiger partial charge on any atom is 0.223 e. The topological polar surface area (TPSA) is 91.6 Å². The van der Waals surface area contributed by atoms with Crippen molar-refractivity contribution in [2.45, 2.75) is 77.8 Å². The predicted molar refractivity (Wildman–Crippen MR) is 121 cm³/mol. The van der Waals surface area contributed by atoms with Crippen LogP contribution in [-0.4, -0.2) is 42.2 Å². The van der Waals surface area contributed by atoms with Gasteiger partial charge < -0.3 is 20.5 Å². The standard InChI is InChI=1S/C20H33N5O2.HI/c1-4-21-20(22-11-10-18-13(2)25-27-14(18)3)24-17-7-5-6-15(12-17)19(26)23-16-8-9-16;/h15-17H,4-12H2,1-3H3,(H,23,26)(H2,21,22,24);1H. The Morgan fingerprint density at radius 3 is 2.61 bits per heavy atom. The van der Waals surface area contributed by atoms with E-state index < -0.39 is 0 Å². The van der Waals surface area contributed by atoms with E-state index in [1.54, 1.807) is 0 Å². The number of nitrogens with zero attached hydrogens (tertiary/aromatic N) is 2. The molecule has 2 aliphatic rings. The summed E-state index contributed by atoms with van der Waals surface area (Å²) >= 11 is 0. The Kier molecular flexibility index (Phi) is 9.04. The number of hydrogen-bond donors (Lipinski definition) is 3. The van der Waals surface area contributed by atoms with Gasteiger partial charge >= 0.3 is 0 Å². The molecule has 158 valence electrons. The van der Waals surface area contributed by atoms with Crippen molar-refractivity contribution in [3.8, 4) is 0 Å². The summed E-state index contributed by atoms with van der Waals surface area (Å²) in [6, 6.07) is 0.736. The molecular weight excluding hydrogens is 469 g/mol. The predicted octanol–water partition coefficient (Wildman–Crippen LogP) is 2.84. The maximum atomic E-state index is 12.4. The zero-order valence-electron chi connectivity index (χ0n) is 17.2.